The van der Waals surface area contributed by atoms with E-state index in [9.17, 15) is 0 Å². The van der Waals surface area contributed by atoms with Crippen molar-refractivity contribution in [3.8, 4) is 0 Å². The Morgan fingerprint density at radius 2 is 1.94 bits per heavy atom. The molecule has 2 fully saturated rings. The van der Waals surface area contributed by atoms with E-state index in [1.807, 2.05) is 0 Å². The number of hydrogen-bond donors (Lipinski definition) is 1. The lowest BCUT2D eigenvalue weighted by Gasteiger charge is -2.42. The van der Waals surface area contributed by atoms with Gasteiger partial charge in [0.25, 0.3) is 0 Å². The highest BCUT2D eigenvalue weighted by atomic mass is 16.5. The van der Waals surface area contributed by atoms with Crippen LogP contribution in [0.1, 0.15) is 39.5 Å². The van der Waals surface area contributed by atoms with Crippen LogP contribution in [0.15, 0.2) is 0 Å². The van der Waals surface area contributed by atoms with Crippen molar-refractivity contribution in [3.05, 3.63) is 0 Å². The van der Waals surface area contributed by atoms with E-state index in [1.165, 1.54) is 32.2 Å². The predicted octanol–water partition coefficient (Wildman–Crippen LogP) is 1.62. The summed E-state index contributed by atoms with van der Waals surface area (Å²) in [6, 6.07) is 0. The van der Waals surface area contributed by atoms with Gasteiger partial charge in [0.1, 0.15) is 0 Å². The molecule has 2 aliphatic rings. The lowest BCUT2D eigenvalue weighted by Crippen LogP contribution is -2.52. The normalized spacial score (nSPS) is 29.4. The Morgan fingerprint density at radius 1 is 1.25 bits per heavy atom. The van der Waals surface area contributed by atoms with Crippen molar-refractivity contribution in [2.45, 2.75) is 45.1 Å². The number of hydrogen-bond acceptors (Lipinski definition) is 3. The first-order chi connectivity index (χ1) is 7.55. The van der Waals surface area contributed by atoms with Crippen molar-refractivity contribution >= 4 is 0 Å². The van der Waals surface area contributed by atoms with Gasteiger partial charge in [-0.3, -0.25) is 4.90 Å². The number of morpholine rings is 1. The van der Waals surface area contributed by atoms with Crippen molar-refractivity contribution < 1.29 is 4.74 Å². The van der Waals surface area contributed by atoms with Gasteiger partial charge in [-0.2, -0.15) is 0 Å². The SMILES string of the molecule is CC1(C)CN(CC2(CN)CCCC2)CCO1. The largest absolute Gasteiger partial charge is 0.373 e. The number of rotatable bonds is 3. The Kier molecular flexibility index (Phi) is 3.57. The monoisotopic (exact) mass is 226 g/mol. The van der Waals surface area contributed by atoms with E-state index in [0.29, 0.717) is 5.41 Å². The van der Waals surface area contributed by atoms with E-state index in [1.54, 1.807) is 0 Å². The van der Waals surface area contributed by atoms with E-state index in [2.05, 4.69) is 18.7 Å². The fourth-order valence-corrected chi connectivity index (χ4v) is 3.28. The maximum absolute atomic E-state index is 6.00. The Hall–Kier alpha value is -0.120. The van der Waals surface area contributed by atoms with E-state index < -0.39 is 0 Å². The van der Waals surface area contributed by atoms with Crippen LogP contribution in [0.25, 0.3) is 0 Å². The Bertz CT molecular complexity index is 234. The van der Waals surface area contributed by atoms with E-state index in [0.717, 1.165) is 26.2 Å². The average molecular weight is 226 g/mol. The molecule has 2 rings (SSSR count). The third-order valence-electron chi connectivity index (χ3n) is 4.16. The molecule has 0 atom stereocenters. The molecule has 0 aromatic heterocycles. The van der Waals surface area contributed by atoms with Crippen LogP contribution in [0.3, 0.4) is 0 Å². The first-order valence-corrected chi connectivity index (χ1v) is 6.62. The summed E-state index contributed by atoms with van der Waals surface area (Å²) in [6.07, 6.45) is 5.37. The molecule has 0 spiro atoms. The minimum absolute atomic E-state index is 0.0205. The molecule has 0 radical (unpaired) electrons. The maximum atomic E-state index is 6.00. The molecule has 2 N–H and O–H groups in total. The third kappa shape index (κ3) is 2.76. The lowest BCUT2D eigenvalue weighted by atomic mass is 9.85. The highest BCUT2D eigenvalue weighted by Gasteiger charge is 2.37. The van der Waals surface area contributed by atoms with Crippen molar-refractivity contribution in [1.29, 1.82) is 0 Å². The Labute approximate surface area is 99.3 Å². The van der Waals surface area contributed by atoms with Crippen LogP contribution < -0.4 is 5.73 Å². The Morgan fingerprint density at radius 3 is 2.50 bits per heavy atom. The molecule has 0 bridgehead atoms. The Balaban J connectivity index is 1.93. The van der Waals surface area contributed by atoms with Crippen molar-refractivity contribution in [2.24, 2.45) is 11.1 Å². The summed E-state index contributed by atoms with van der Waals surface area (Å²) in [7, 11) is 0. The van der Waals surface area contributed by atoms with Gasteiger partial charge in [-0.15, -0.1) is 0 Å². The summed E-state index contributed by atoms with van der Waals surface area (Å²) in [6.45, 7) is 9.39. The molecule has 3 nitrogen and oxygen atoms in total. The molecule has 94 valence electrons. The maximum Gasteiger partial charge on any atom is 0.0753 e. The van der Waals surface area contributed by atoms with Gasteiger partial charge in [-0.25, -0.2) is 0 Å². The van der Waals surface area contributed by atoms with Crippen LogP contribution in [0.2, 0.25) is 0 Å². The predicted molar refractivity (Wildman–Crippen MR) is 66.4 cm³/mol. The summed E-state index contributed by atoms with van der Waals surface area (Å²) in [5, 5.41) is 0. The van der Waals surface area contributed by atoms with Gasteiger partial charge in [-0.05, 0) is 38.6 Å². The second kappa shape index (κ2) is 4.63. The summed E-state index contributed by atoms with van der Waals surface area (Å²) >= 11 is 0. The summed E-state index contributed by atoms with van der Waals surface area (Å²) < 4.78 is 5.75. The topological polar surface area (TPSA) is 38.5 Å². The van der Waals surface area contributed by atoms with Crippen LogP contribution in [-0.4, -0.2) is 43.3 Å². The van der Waals surface area contributed by atoms with E-state index >= 15 is 0 Å². The second-order valence-electron chi connectivity index (χ2n) is 6.23. The van der Waals surface area contributed by atoms with Crippen LogP contribution in [0, 0.1) is 5.41 Å². The van der Waals surface area contributed by atoms with Gasteiger partial charge < -0.3 is 10.5 Å². The van der Waals surface area contributed by atoms with Crippen LogP contribution in [0.5, 0.6) is 0 Å². The van der Waals surface area contributed by atoms with Gasteiger partial charge in [0.2, 0.25) is 0 Å². The van der Waals surface area contributed by atoms with Gasteiger partial charge in [0.05, 0.1) is 12.2 Å². The average Bonchev–Trinajstić information content (AvgIpc) is 2.65. The van der Waals surface area contributed by atoms with Gasteiger partial charge in [0, 0.05) is 19.6 Å². The third-order valence-corrected chi connectivity index (χ3v) is 4.16. The van der Waals surface area contributed by atoms with Crippen molar-refractivity contribution in [2.75, 3.05) is 32.8 Å². The first-order valence-electron chi connectivity index (χ1n) is 6.62. The van der Waals surface area contributed by atoms with E-state index in [-0.39, 0.29) is 5.60 Å². The first kappa shape index (κ1) is 12.3. The summed E-state index contributed by atoms with van der Waals surface area (Å²) in [5.74, 6) is 0. The number of nitrogens with two attached hydrogens (primary N) is 1. The molecule has 16 heavy (non-hydrogen) atoms. The fraction of sp³-hybridized carbons (Fsp3) is 1.00. The van der Waals surface area contributed by atoms with Crippen LogP contribution in [0.4, 0.5) is 0 Å². The van der Waals surface area contributed by atoms with Gasteiger partial charge >= 0.3 is 0 Å². The zero-order valence-corrected chi connectivity index (χ0v) is 10.8. The molecule has 1 saturated heterocycles. The molecule has 3 heteroatoms. The number of nitrogens with zero attached hydrogens (tertiary/aromatic N) is 1. The molecule has 0 unspecified atom stereocenters. The lowest BCUT2D eigenvalue weighted by molar-refractivity contribution is -0.0936. The molecule has 0 amide bonds. The zero-order chi connectivity index (χ0) is 11.6. The summed E-state index contributed by atoms with van der Waals surface area (Å²) in [5.41, 5.74) is 6.43. The smallest absolute Gasteiger partial charge is 0.0753 e. The van der Waals surface area contributed by atoms with Gasteiger partial charge in [0.15, 0.2) is 0 Å². The minimum atomic E-state index is 0.0205. The molecular formula is C13H26N2O. The zero-order valence-electron chi connectivity index (χ0n) is 10.8. The second-order valence-corrected chi connectivity index (χ2v) is 6.23. The van der Waals surface area contributed by atoms with Crippen molar-refractivity contribution in [3.63, 3.8) is 0 Å². The molecule has 0 aromatic carbocycles. The molecular weight excluding hydrogens is 200 g/mol. The minimum Gasteiger partial charge on any atom is -0.373 e. The van der Waals surface area contributed by atoms with Crippen LogP contribution >= 0.6 is 0 Å². The standard InChI is InChI=1S/C13H26N2O/c1-12(2)10-15(7-8-16-12)11-13(9-14)5-3-4-6-13/h3-11,14H2,1-2H3. The summed E-state index contributed by atoms with van der Waals surface area (Å²) in [4.78, 5) is 2.56. The molecule has 1 saturated carbocycles. The highest BCUT2D eigenvalue weighted by Crippen LogP contribution is 2.38. The molecule has 1 aliphatic carbocycles. The molecule has 1 aliphatic heterocycles. The fourth-order valence-electron chi connectivity index (χ4n) is 3.28. The van der Waals surface area contributed by atoms with E-state index in [4.69, 9.17) is 10.5 Å². The van der Waals surface area contributed by atoms with Crippen molar-refractivity contribution in [1.82, 2.24) is 4.90 Å². The molecule has 0 aromatic rings. The van der Waals surface area contributed by atoms with Crippen LogP contribution in [-0.2, 0) is 4.74 Å². The highest BCUT2D eigenvalue weighted by molar-refractivity contribution is 4.90. The quantitative estimate of drug-likeness (QED) is 0.794. The number of ether oxygens (including phenoxy) is 1. The van der Waals surface area contributed by atoms with Gasteiger partial charge in [-0.1, -0.05) is 12.8 Å². The molecule has 1 heterocycles.